The topological polar surface area (TPSA) is 88.1 Å². The highest BCUT2D eigenvalue weighted by Crippen LogP contribution is 2.31. The zero-order valence-corrected chi connectivity index (χ0v) is 13.1. The number of ether oxygens (including phenoxy) is 1. The fraction of sp³-hybridized carbons (Fsp3) is 0.294. The van der Waals surface area contributed by atoms with E-state index in [0.29, 0.717) is 29.7 Å². The van der Waals surface area contributed by atoms with E-state index >= 15 is 0 Å². The van der Waals surface area contributed by atoms with Gasteiger partial charge < -0.3 is 14.2 Å². The van der Waals surface area contributed by atoms with Gasteiger partial charge in [0.1, 0.15) is 11.4 Å². The molecule has 1 fully saturated rings. The largest absolute Gasteiger partial charge is 0.496 e. The lowest BCUT2D eigenvalue weighted by molar-refractivity contribution is 0.409. The summed E-state index contributed by atoms with van der Waals surface area (Å²) in [5, 5.41) is 14.0. The molecular formula is C17H15N5O2. The summed E-state index contributed by atoms with van der Waals surface area (Å²) in [5.41, 5.74) is 1.39. The summed E-state index contributed by atoms with van der Waals surface area (Å²) in [6.45, 7) is 1.36. The van der Waals surface area contributed by atoms with Crippen molar-refractivity contribution in [2.45, 2.75) is 12.3 Å². The summed E-state index contributed by atoms with van der Waals surface area (Å²) in [5.74, 6) is 1.82. The van der Waals surface area contributed by atoms with E-state index in [-0.39, 0.29) is 5.92 Å². The number of nitrogens with zero attached hydrogens (tertiary/aromatic N) is 5. The van der Waals surface area contributed by atoms with Crippen LogP contribution in [0.1, 0.15) is 18.2 Å². The summed E-state index contributed by atoms with van der Waals surface area (Å²) in [6.07, 6.45) is 3.00. The monoisotopic (exact) mass is 321 g/mol. The Labute approximate surface area is 138 Å². The Kier molecular flexibility index (Phi) is 3.50. The van der Waals surface area contributed by atoms with Crippen molar-refractivity contribution in [2.75, 3.05) is 20.2 Å². The molecule has 1 aliphatic rings. The van der Waals surface area contributed by atoms with Crippen LogP contribution < -0.4 is 4.74 Å². The minimum Gasteiger partial charge on any atom is -0.496 e. The third-order valence-corrected chi connectivity index (χ3v) is 4.25. The maximum absolute atomic E-state index is 8.96. The first-order valence-electron chi connectivity index (χ1n) is 7.71. The van der Waals surface area contributed by atoms with Crippen LogP contribution in [0.25, 0.3) is 22.5 Å². The molecule has 0 saturated carbocycles. The molecule has 0 spiro atoms. The fourth-order valence-electron chi connectivity index (χ4n) is 2.99. The van der Waals surface area contributed by atoms with Crippen LogP contribution in [0, 0.1) is 11.5 Å². The van der Waals surface area contributed by atoms with Gasteiger partial charge in [-0.1, -0.05) is 17.3 Å². The Balaban J connectivity index is 1.70. The quantitative estimate of drug-likeness (QED) is 0.685. The molecule has 3 heterocycles. The standard InChI is InChI=1S/C17H15N5O2/c1-23-15-8-14(19-13-5-3-2-4-12(13)15)17-20-16(21-24-17)11-6-7-22(9-11)10-18/h2-5,8,11H,6-7,9H2,1H3. The molecule has 4 rings (SSSR count). The van der Waals surface area contributed by atoms with E-state index in [4.69, 9.17) is 14.5 Å². The summed E-state index contributed by atoms with van der Waals surface area (Å²) < 4.78 is 10.9. The summed E-state index contributed by atoms with van der Waals surface area (Å²) >= 11 is 0. The predicted molar refractivity (Wildman–Crippen MR) is 86.1 cm³/mol. The summed E-state index contributed by atoms with van der Waals surface area (Å²) in [7, 11) is 1.62. The van der Waals surface area contributed by atoms with Crippen molar-refractivity contribution in [1.82, 2.24) is 20.0 Å². The molecule has 0 N–H and O–H groups in total. The van der Waals surface area contributed by atoms with Gasteiger partial charge in [-0.3, -0.25) is 0 Å². The number of fused-ring (bicyclic) bond motifs is 1. The maximum Gasteiger partial charge on any atom is 0.276 e. The van der Waals surface area contributed by atoms with E-state index in [1.54, 1.807) is 18.1 Å². The number of methoxy groups -OCH3 is 1. The number of hydrogen-bond acceptors (Lipinski definition) is 7. The Morgan fingerprint density at radius 2 is 2.21 bits per heavy atom. The second-order valence-electron chi connectivity index (χ2n) is 5.72. The first kappa shape index (κ1) is 14.5. The Bertz CT molecular complexity index is 930. The van der Waals surface area contributed by atoms with Gasteiger partial charge in [-0.25, -0.2) is 4.98 Å². The molecular weight excluding hydrogens is 306 g/mol. The lowest BCUT2D eigenvalue weighted by Crippen LogP contribution is -2.13. The molecule has 1 aliphatic heterocycles. The van der Waals surface area contributed by atoms with Crippen molar-refractivity contribution >= 4 is 10.9 Å². The molecule has 0 bridgehead atoms. The zero-order valence-electron chi connectivity index (χ0n) is 13.1. The Morgan fingerprint density at radius 1 is 1.33 bits per heavy atom. The number of pyridine rings is 1. The van der Waals surface area contributed by atoms with Crippen LogP contribution in [-0.4, -0.2) is 40.2 Å². The van der Waals surface area contributed by atoms with Crippen LogP contribution in [-0.2, 0) is 0 Å². The van der Waals surface area contributed by atoms with Crippen LogP contribution in [0.15, 0.2) is 34.9 Å². The molecule has 24 heavy (non-hydrogen) atoms. The third kappa shape index (κ3) is 2.42. The lowest BCUT2D eigenvalue weighted by atomic mass is 10.1. The van der Waals surface area contributed by atoms with Crippen molar-refractivity contribution in [3.63, 3.8) is 0 Å². The molecule has 1 atom stereocenters. The van der Waals surface area contributed by atoms with E-state index < -0.39 is 0 Å². The maximum atomic E-state index is 8.96. The van der Waals surface area contributed by atoms with Crippen molar-refractivity contribution in [3.05, 3.63) is 36.2 Å². The van der Waals surface area contributed by atoms with Crippen molar-refractivity contribution in [3.8, 4) is 23.5 Å². The Morgan fingerprint density at radius 3 is 3.00 bits per heavy atom. The summed E-state index contributed by atoms with van der Waals surface area (Å²) in [6, 6.07) is 9.54. The molecule has 7 heteroatoms. The minimum atomic E-state index is 0.115. The first-order valence-corrected chi connectivity index (χ1v) is 7.71. The lowest BCUT2D eigenvalue weighted by Gasteiger charge is -2.06. The average molecular weight is 321 g/mol. The smallest absolute Gasteiger partial charge is 0.276 e. The third-order valence-electron chi connectivity index (χ3n) is 4.25. The van der Waals surface area contributed by atoms with Gasteiger partial charge >= 0.3 is 0 Å². The normalized spacial score (nSPS) is 17.2. The highest BCUT2D eigenvalue weighted by atomic mass is 16.5. The van der Waals surface area contributed by atoms with Crippen LogP contribution in [0.5, 0.6) is 5.75 Å². The number of nitriles is 1. The highest BCUT2D eigenvalue weighted by Gasteiger charge is 2.27. The van der Waals surface area contributed by atoms with Crippen LogP contribution in [0.4, 0.5) is 0 Å². The van der Waals surface area contributed by atoms with E-state index in [1.807, 2.05) is 24.3 Å². The minimum absolute atomic E-state index is 0.115. The fourth-order valence-corrected chi connectivity index (χ4v) is 2.99. The highest BCUT2D eigenvalue weighted by molar-refractivity contribution is 5.87. The van der Waals surface area contributed by atoms with Crippen molar-refractivity contribution in [2.24, 2.45) is 0 Å². The molecule has 7 nitrogen and oxygen atoms in total. The molecule has 0 amide bonds. The van der Waals surface area contributed by atoms with Gasteiger partial charge in [0.25, 0.3) is 5.89 Å². The molecule has 1 unspecified atom stereocenters. The number of benzene rings is 1. The SMILES string of the molecule is COc1cc(-c2nc(C3CCN(C#N)C3)no2)nc2ccccc12. The number of hydrogen-bond donors (Lipinski definition) is 0. The number of rotatable bonds is 3. The Hall–Kier alpha value is -3.14. The van der Waals surface area contributed by atoms with Crippen molar-refractivity contribution in [1.29, 1.82) is 5.26 Å². The van der Waals surface area contributed by atoms with E-state index in [2.05, 4.69) is 21.3 Å². The molecule has 1 aromatic carbocycles. The van der Waals surface area contributed by atoms with Gasteiger partial charge in [-0.05, 0) is 18.6 Å². The van der Waals surface area contributed by atoms with Crippen LogP contribution in [0.3, 0.4) is 0 Å². The number of para-hydroxylation sites is 1. The van der Waals surface area contributed by atoms with Crippen LogP contribution >= 0.6 is 0 Å². The van der Waals surface area contributed by atoms with E-state index in [1.165, 1.54) is 0 Å². The van der Waals surface area contributed by atoms with Gasteiger partial charge in [0.15, 0.2) is 12.0 Å². The molecule has 2 aromatic heterocycles. The molecule has 120 valence electrons. The van der Waals surface area contributed by atoms with Gasteiger partial charge in [-0.2, -0.15) is 10.2 Å². The number of aromatic nitrogens is 3. The average Bonchev–Trinajstić information content (AvgIpc) is 3.29. The second kappa shape index (κ2) is 5.81. The molecule has 0 radical (unpaired) electrons. The predicted octanol–water partition coefficient (Wildman–Crippen LogP) is 2.56. The summed E-state index contributed by atoms with van der Waals surface area (Å²) in [4.78, 5) is 10.8. The van der Waals surface area contributed by atoms with E-state index in [0.717, 1.165) is 23.9 Å². The van der Waals surface area contributed by atoms with Crippen molar-refractivity contribution < 1.29 is 9.26 Å². The first-order chi connectivity index (χ1) is 11.8. The molecule has 0 aliphatic carbocycles. The molecule has 3 aromatic rings. The van der Waals surface area contributed by atoms with Gasteiger partial charge in [0, 0.05) is 30.5 Å². The second-order valence-corrected chi connectivity index (χ2v) is 5.72. The number of likely N-dealkylation sites (tertiary alicyclic amines) is 1. The van der Waals surface area contributed by atoms with Gasteiger partial charge in [-0.15, -0.1) is 0 Å². The van der Waals surface area contributed by atoms with Crippen LogP contribution in [0.2, 0.25) is 0 Å². The van der Waals surface area contributed by atoms with Gasteiger partial charge in [0.05, 0.1) is 12.6 Å². The zero-order chi connectivity index (χ0) is 16.5. The van der Waals surface area contributed by atoms with Gasteiger partial charge in [0.2, 0.25) is 0 Å². The molecule has 1 saturated heterocycles. The van der Waals surface area contributed by atoms with E-state index in [9.17, 15) is 0 Å².